The molecule has 0 saturated carbocycles. The van der Waals surface area contributed by atoms with Crippen molar-refractivity contribution in [1.29, 1.82) is 0 Å². The van der Waals surface area contributed by atoms with Crippen molar-refractivity contribution in [2.45, 2.75) is 26.8 Å². The summed E-state index contributed by atoms with van der Waals surface area (Å²) in [6.45, 7) is 5.50. The van der Waals surface area contributed by atoms with Gasteiger partial charge in [0, 0.05) is 18.0 Å². The summed E-state index contributed by atoms with van der Waals surface area (Å²) in [7, 11) is 0. The van der Waals surface area contributed by atoms with Crippen LogP contribution in [0.15, 0.2) is 57.7 Å². The van der Waals surface area contributed by atoms with Crippen LogP contribution in [0, 0.1) is 5.92 Å². The van der Waals surface area contributed by atoms with Gasteiger partial charge in [0.05, 0.1) is 11.1 Å². The van der Waals surface area contributed by atoms with Gasteiger partial charge < -0.3 is 14.5 Å². The molecule has 0 spiro atoms. The lowest BCUT2D eigenvalue weighted by Gasteiger charge is -2.27. The van der Waals surface area contributed by atoms with E-state index in [9.17, 15) is 24.0 Å². The van der Waals surface area contributed by atoms with Gasteiger partial charge in [0.15, 0.2) is 0 Å². The molecular weight excluding hydrogens is 440 g/mol. The quantitative estimate of drug-likeness (QED) is 0.259. The van der Waals surface area contributed by atoms with Crippen molar-refractivity contribution in [3.05, 3.63) is 75.6 Å². The minimum atomic E-state index is -1.16. The maximum Gasteiger partial charge on any atom is 0.349 e. The Hall–Kier alpha value is -4.27. The number of fused-ring (bicyclic) bond motifs is 2. The molecule has 9 heteroatoms. The highest BCUT2D eigenvalue weighted by Gasteiger charge is 2.44. The van der Waals surface area contributed by atoms with Gasteiger partial charge >= 0.3 is 11.6 Å². The van der Waals surface area contributed by atoms with E-state index in [0.29, 0.717) is 11.9 Å². The molecule has 1 unspecified atom stereocenters. The summed E-state index contributed by atoms with van der Waals surface area (Å²) in [4.78, 5) is 64.0. The number of carbonyl (C=O) groups excluding carboxylic acids is 4. The van der Waals surface area contributed by atoms with Crippen LogP contribution in [0.3, 0.4) is 0 Å². The Morgan fingerprint density at radius 1 is 1.00 bits per heavy atom. The predicted octanol–water partition coefficient (Wildman–Crippen LogP) is 2.77. The SMILES string of the molecule is CCNC(=O)c1cc2ccc(OC(=O)C(C(C)C)N3C(=O)c4ccccc4C3=O)cc2oc1=O. The number of ether oxygens (including phenoxy) is 1. The highest BCUT2D eigenvalue weighted by atomic mass is 16.5. The van der Waals surface area contributed by atoms with Gasteiger partial charge in [-0.1, -0.05) is 26.0 Å². The Kier molecular flexibility index (Phi) is 6.02. The Morgan fingerprint density at radius 2 is 1.65 bits per heavy atom. The summed E-state index contributed by atoms with van der Waals surface area (Å²) in [5, 5.41) is 3.00. The number of benzene rings is 2. The molecule has 1 atom stereocenters. The molecule has 174 valence electrons. The summed E-state index contributed by atoms with van der Waals surface area (Å²) in [6.07, 6.45) is 0. The van der Waals surface area contributed by atoms with Gasteiger partial charge in [-0.3, -0.25) is 19.3 Å². The summed E-state index contributed by atoms with van der Waals surface area (Å²) in [6, 6.07) is 11.0. The van der Waals surface area contributed by atoms with Crippen molar-refractivity contribution in [2.24, 2.45) is 5.92 Å². The average Bonchev–Trinajstić information content (AvgIpc) is 3.04. The molecule has 0 radical (unpaired) electrons. The molecule has 2 aromatic carbocycles. The van der Waals surface area contributed by atoms with Crippen LogP contribution >= 0.6 is 0 Å². The summed E-state index contributed by atoms with van der Waals surface area (Å²) in [5.41, 5.74) is -0.370. The van der Waals surface area contributed by atoms with E-state index in [4.69, 9.17) is 9.15 Å². The zero-order valence-corrected chi connectivity index (χ0v) is 18.8. The minimum absolute atomic E-state index is 0.0636. The molecule has 0 bridgehead atoms. The molecule has 1 aliphatic rings. The Morgan fingerprint density at radius 3 is 2.24 bits per heavy atom. The molecule has 3 amide bonds. The molecule has 1 aliphatic heterocycles. The molecule has 0 aliphatic carbocycles. The van der Waals surface area contributed by atoms with Crippen LogP contribution in [-0.2, 0) is 4.79 Å². The molecular formula is C25H22N2O7. The van der Waals surface area contributed by atoms with E-state index in [1.165, 1.54) is 24.3 Å². The fraction of sp³-hybridized carbons (Fsp3) is 0.240. The average molecular weight is 462 g/mol. The second kappa shape index (κ2) is 8.93. The van der Waals surface area contributed by atoms with Gasteiger partial charge in [-0.05, 0) is 43.2 Å². The fourth-order valence-electron chi connectivity index (χ4n) is 3.88. The summed E-state index contributed by atoms with van der Waals surface area (Å²) in [5.74, 6) is -2.82. The van der Waals surface area contributed by atoms with Gasteiger partial charge in [0.25, 0.3) is 17.7 Å². The summed E-state index contributed by atoms with van der Waals surface area (Å²) < 4.78 is 10.7. The van der Waals surface area contributed by atoms with E-state index in [1.807, 2.05) is 0 Å². The van der Waals surface area contributed by atoms with Gasteiger partial charge in [-0.25, -0.2) is 9.59 Å². The van der Waals surface area contributed by atoms with Gasteiger partial charge in [0.2, 0.25) is 0 Å². The number of nitrogens with one attached hydrogen (secondary N) is 1. The molecule has 4 rings (SSSR count). The number of hydrogen-bond acceptors (Lipinski definition) is 7. The van der Waals surface area contributed by atoms with Gasteiger partial charge in [0.1, 0.15) is 22.9 Å². The van der Waals surface area contributed by atoms with Crippen molar-refractivity contribution < 1.29 is 28.3 Å². The van der Waals surface area contributed by atoms with E-state index in [-0.39, 0.29) is 28.0 Å². The van der Waals surface area contributed by atoms with E-state index in [2.05, 4.69) is 5.32 Å². The van der Waals surface area contributed by atoms with Crippen LogP contribution in [0.2, 0.25) is 0 Å². The Labute approximate surface area is 194 Å². The highest BCUT2D eigenvalue weighted by Crippen LogP contribution is 2.29. The fourth-order valence-corrected chi connectivity index (χ4v) is 3.88. The van der Waals surface area contributed by atoms with Crippen LogP contribution in [-0.4, -0.2) is 41.2 Å². The zero-order chi connectivity index (χ0) is 24.6. The molecule has 0 fully saturated rings. The second-order valence-corrected chi connectivity index (χ2v) is 8.14. The Bertz CT molecular complexity index is 1350. The number of esters is 1. The minimum Gasteiger partial charge on any atom is -0.425 e. The summed E-state index contributed by atoms with van der Waals surface area (Å²) >= 11 is 0. The third-order valence-corrected chi connectivity index (χ3v) is 5.48. The maximum atomic E-state index is 13.1. The molecule has 1 aromatic heterocycles. The van der Waals surface area contributed by atoms with Crippen molar-refractivity contribution in [2.75, 3.05) is 6.54 Å². The van der Waals surface area contributed by atoms with Crippen LogP contribution in [0.4, 0.5) is 0 Å². The van der Waals surface area contributed by atoms with Crippen molar-refractivity contribution in [3.8, 4) is 5.75 Å². The zero-order valence-electron chi connectivity index (χ0n) is 18.8. The van der Waals surface area contributed by atoms with Crippen molar-refractivity contribution >= 4 is 34.7 Å². The van der Waals surface area contributed by atoms with Crippen LogP contribution < -0.4 is 15.7 Å². The van der Waals surface area contributed by atoms with Crippen molar-refractivity contribution in [1.82, 2.24) is 10.2 Å². The van der Waals surface area contributed by atoms with Crippen molar-refractivity contribution in [3.63, 3.8) is 0 Å². The number of amides is 3. The number of hydrogen-bond donors (Lipinski definition) is 1. The second-order valence-electron chi connectivity index (χ2n) is 8.14. The molecule has 3 aromatic rings. The molecule has 34 heavy (non-hydrogen) atoms. The third-order valence-electron chi connectivity index (χ3n) is 5.48. The third kappa shape index (κ3) is 3.96. The van der Waals surface area contributed by atoms with Crippen LogP contribution in [0.1, 0.15) is 51.8 Å². The Balaban J connectivity index is 1.62. The molecule has 2 heterocycles. The largest absolute Gasteiger partial charge is 0.425 e. The smallest absolute Gasteiger partial charge is 0.349 e. The van der Waals surface area contributed by atoms with Gasteiger partial charge in [-0.2, -0.15) is 0 Å². The van der Waals surface area contributed by atoms with E-state index >= 15 is 0 Å². The lowest BCUT2D eigenvalue weighted by Crippen LogP contribution is -2.49. The van der Waals surface area contributed by atoms with E-state index < -0.39 is 41.3 Å². The monoisotopic (exact) mass is 462 g/mol. The van der Waals surface area contributed by atoms with E-state index in [1.54, 1.807) is 45.0 Å². The van der Waals surface area contributed by atoms with Gasteiger partial charge in [-0.15, -0.1) is 0 Å². The highest BCUT2D eigenvalue weighted by molar-refractivity contribution is 6.22. The first-order valence-corrected chi connectivity index (χ1v) is 10.8. The number of imide groups is 1. The number of carbonyl (C=O) groups is 4. The first-order valence-electron chi connectivity index (χ1n) is 10.8. The maximum absolute atomic E-state index is 13.1. The predicted molar refractivity (Wildman–Crippen MR) is 122 cm³/mol. The van der Waals surface area contributed by atoms with E-state index in [0.717, 1.165) is 4.90 Å². The standard InChI is InChI=1S/C25H22N2O7/c1-4-26-21(28)18-11-14-9-10-15(12-19(14)34-24(18)31)33-25(32)20(13(2)3)27-22(29)16-7-5-6-8-17(16)23(27)30/h5-13,20H,4H2,1-3H3,(H,26,28). The number of nitrogens with zero attached hydrogens (tertiary/aromatic N) is 1. The first-order chi connectivity index (χ1) is 16.2. The normalized spacial score (nSPS) is 13.8. The lowest BCUT2D eigenvalue weighted by atomic mass is 10.0. The van der Waals surface area contributed by atoms with Crippen LogP contribution in [0.25, 0.3) is 11.0 Å². The molecule has 1 N–H and O–H groups in total. The number of rotatable bonds is 6. The topological polar surface area (TPSA) is 123 Å². The molecule has 9 nitrogen and oxygen atoms in total. The lowest BCUT2D eigenvalue weighted by molar-refractivity contribution is -0.140. The molecule has 0 saturated heterocycles. The van der Waals surface area contributed by atoms with Crippen LogP contribution in [0.5, 0.6) is 5.75 Å². The first kappa shape index (κ1) is 22.9.